The second-order valence-corrected chi connectivity index (χ2v) is 9.61. The van der Waals surface area contributed by atoms with Crippen molar-refractivity contribution in [3.05, 3.63) is 42.5 Å². The number of thiazole rings is 1. The molecule has 0 aliphatic carbocycles. The molecule has 8 heteroatoms. The molecule has 0 N–H and O–H groups in total. The Labute approximate surface area is 198 Å². The molecular formula is C25H30N4O3S. The van der Waals surface area contributed by atoms with Crippen molar-refractivity contribution in [3.63, 3.8) is 0 Å². The third kappa shape index (κ3) is 4.57. The van der Waals surface area contributed by atoms with Crippen LogP contribution in [-0.2, 0) is 4.79 Å². The number of piperazine rings is 1. The van der Waals surface area contributed by atoms with E-state index in [0.717, 1.165) is 84.6 Å². The summed E-state index contributed by atoms with van der Waals surface area (Å²) in [6.07, 6.45) is 1.77. The number of piperidine rings is 1. The largest absolute Gasteiger partial charge is 0.497 e. The second-order valence-electron chi connectivity index (χ2n) is 8.61. The molecule has 5 rings (SSSR count). The molecule has 2 aromatic carbocycles. The smallest absolute Gasteiger partial charge is 0.225 e. The molecule has 2 saturated heterocycles. The third-order valence-corrected chi connectivity index (χ3v) is 7.79. The van der Waals surface area contributed by atoms with E-state index in [4.69, 9.17) is 14.5 Å². The lowest BCUT2D eigenvalue weighted by Crippen LogP contribution is -2.51. The summed E-state index contributed by atoms with van der Waals surface area (Å²) < 4.78 is 11.8. The van der Waals surface area contributed by atoms with E-state index in [1.807, 2.05) is 30.3 Å². The van der Waals surface area contributed by atoms with E-state index >= 15 is 0 Å². The first-order valence-corrected chi connectivity index (χ1v) is 12.3. The average Bonchev–Trinajstić information content (AvgIpc) is 3.32. The molecule has 0 unspecified atom stereocenters. The van der Waals surface area contributed by atoms with Crippen molar-refractivity contribution in [1.82, 2.24) is 9.88 Å². The van der Waals surface area contributed by atoms with Gasteiger partial charge in [-0.3, -0.25) is 4.79 Å². The van der Waals surface area contributed by atoms with Gasteiger partial charge in [-0.05, 0) is 43.2 Å². The molecule has 3 aromatic rings. The first-order chi connectivity index (χ1) is 16.1. The van der Waals surface area contributed by atoms with E-state index < -0.39 is 0 Å². The van der Waals surface area contributed by atoms with Gasteiger partial charge in [0.15, 0.2) is 5.13 Å². The zero-order chi connectivity index (χ0) is 22.8. The Morgan fingerprint density at radius 3 is 2.36 bits per heavy atom. The highest BCUT2D eigenvalue weighted by Gasteiger charge is 2.31. The highest BCUT2D eigenvalue weighted by atomic mass is 32.1. The predicted octanol–water partition coefficient (Wildman–Crippen LogP) is 3.88. The molecule has 1 aromatic heterocycles. The molecule has 2 aliphatic rings. The van der Waals surface area contributed by atoms with Crippen LogP contribution in [0.5, 0.6) is 11.5 Å². The Morgan fingerprint density at radius 2 is 1.64 bits per heavy atom. The standard InChI is InChI=1S/C25H30N4O3S/c1-31-20-5-3-4-19(16-20)27-12-14-28(15-13-27)24(30)18-8-10-29(11-9-18)25-26-22-7-6-21(32-2)17-23(22)33-25/h3-7,16-18H,8-15H2,1-2H3. The number of anilines is 2. The SMILES string of the molecule is COc1cccc(N2CCN(C(=O)C3CCN(c4nc5ccc(OC)cc5s4)CC3)CC2)c1. The third-order valence-electron chi connectivity index (χ3n) is 6.71. The van der Waals surface area contributed by atoms with Crippen LogP contribution in [0.2, 0.25) is 0 Å². The van der Waals surface area contributed by atoms with E-state index in [1.54, 1.807) is 25.6 Å². The normalized spacial score (nSPS) is 17.5. The zero-order valence-electron chi connectivity index (χ0n) is 19.2. The predicted molar refractivity (Wildman–Crippen MR) is 133 cm³/mol. The van der Waals surface area contributed by atoms with Gasteiger partial charge in [0.05, 0.1) is 24.4 Å². The number of amides is 1. The van der Waals surface area contributed by atoms with Gasteiger partial charge in [-0.2, -0.15) is 0 Å². The van der Waals surface area contributed by atoms with Crippen LogP contribution in [-0.4, -0.2) is 69.3 Å². The number of hydrogen-bond donors (Lipinski definition) is 0. The van der Waals surface area contributed by atoms with Gasteiger partial charge in [-0.1, -0.05) is 17.4 Å². The van der Waals surface area contributed by atoms with Crippen molar-refractivity contribution in [2.75, 3.05) is 63.3 Å². The molecule has 0 radical (unpaired) electrons. The molecule has 3 heterocycles. The summed E-state index contributed by atoms with van der Waals surface area (Å²) in [6, 6.07) is 14.1. The van der Waals surface area contributed by atoms with E-state index in [-0.39, 0.29) is 5.92 Å². The highest BCUT2D eigenvalue weighted by molar-refractivity contribution is 7.22. The van der Waals surface area contributed by atoms with E-state index in [2.05, 4.69) is 26.8 Å². The first-order valence-electron chi connectivity index (χ1n) is 11.5. The summed E-state index contributed by atoms with van der Waals surface area (Å²) in [5.41, 5.74) is 2.16. The van der Waals surface area contributed by atoms with E-state index in [9.17, 15) is 4.79 Å². The Hall–Kier alpha value is -3.00. The van der Waals surface area contributed by atoms with Crippen LogP contribution in [0.1, 0.15) is 12.8 Å². The lowest BCUT2D eigenvalue weighted by Gasteiger charge is -2.39. The topological polar surface area (TPSA) is 58.1 Å². The minimum absolute atomic E-state index is 0.110. The quantitative estimate of drug-likeness (QED) is 0.569. The van der Waals surface area contributed by atoms with Crippen molar-refractivity contribution >= 4 is 38.3 Å². The lowest BCUT2D eigenvalue weighted by molar-refractivity contribution is -0.136. The number of fused-ring (bicyclic) bond motifs is 1. The number of nitrogens with zero attached hydrogens (tertiary/aromatic N) is 4. The number of ether oxygens (including phenoxy) is 2. The molecule has 174 valence electrons. The minimum atomic E-state index is 0.110. The van der Waals surface area contributed by atoms with Gasteiger partial charge in [-0.25, -0.2) is 4.98 Å². The monoisotopic (exact) mass is 466 g/mol. The Morgan fingerprint density at radius 1 is 0.909 bits per heavy atom. The fourth-order valence-electron chi connectivity index (χ4n) is 4.72. The highest BCUT2D eigenvalue weighted by Crippen LogP contribution is 2.34. The first kappa shape index (κ1) is 21.8. The number of carbonyl (C=O) groups is 1. The van der Waals surface area contributed by atoms with Crippen molar-refractivity contribution in [2.45, 2.75) is 12.8 Å². The fourth-order valence-corrected chi connectivity index (χ4v) is 5.77. The number of benzene rings is 2. The number of rotatable bonds is 5. The molecule has 0 bridgehead atoms. The fraction of sp³-hybridized carbons (Fsp3) is 0.440. The maximum Gasteiger partial charge on any atom is 0.225 e. The molecule has 7 nitrogen and oxygen atoms in total. The van der Waals surface area contributed by atoms with E-state index in [0.29, 0.717) is 5.91 Å². The molecule has 33 heavy (non-hydrogen) atoms. The van der Waals surface area contributed by atoms with Crippen LogP contribution < -0.4 is 19.3 Å². The van der Waals surface area contributed by atoms with Gasteiger partial charge in [0.1, 0.15) is 11.5 Å². The van der Waals surface area contributed by atoms with E-state index in [1.165, 1.54) is 0 Å². The number of methoxy groups -OCH3 is 2. The van der Waals surface area contributed by atoms with Crippen molar-refractivity contribution in [3.8, 4) is 11.5 Å². The Kier molecular flexibility index (Phi) is 6.26. The minimum Gasteiger partial charge on any atom is -0.497 e. The molecule has 1 amide bonds. The average molecular weight is 467 g/mol. The number of aromatic nitrogens is 1. The van der Waals surface area contributed by atoms with Crippen molar-refractivity contribution in [2.24, 2.45) is 5.92 Å². The van der Waals surface area contributed by atoms with Gasteiger partial charge in [0.2, 0.25) is 5.91 Å². The summed E-state index contributed by atoms with van der Waals surface area (Å²) in [7, 11) is 3.37. The molecular weight excluding hydrogens is 436 g/mol. The van der Waals surface area contributed by atoms with Gasteiger partial charge >= 0.3 is 0 Å². The summed E-state index contributed by atoms with van der Waals surface area (Å²) >= 11 is 1.70. The van der Waals surface area contributed by atoms with Crippen LogP contribution >= 0.6 is 11.3 Å². The van der Waals surface area contributed by atoms with Crippen molar-refractivity contribution in [1.29, 1.82) is 0 Å². The van der Waals surface area contributed by atoms with Crippen molar-refractivity contribution < 1.29 is 14.3 Å². The number of hydrogen-bond acceptors (Lipinski definition) is 7. The molecule has 0 atom stereocenters. The van der Waals surface area contributed by atoms with Gasteiger partial charge in [-0.15, -0.1) is 0 Å². The summed E-state index contributed by atoms with van der Waals surface area (Å²) in [6.45, 7) is 5.00. The van der Waals surface area contributed by atoms with Gasteiger partial charge in [0, 0.05) is 56.9 Å². The maximum atomic E-state index is 13.2. The zero-order valence-corrected chi connectivity index (χ0v) is 20.0. The van der Waals surface area contributed by atoms with Crippen LogP contribution in [0.4, 0.5) is 10.8 Å². The molecule has 0 spiro atoms. The van der Waals surface area contributed by atoms with Crippen LogP contribution in [0.15, 0.2) is 42.5 Å². The molecule has 2 aliphatic heterocycles. The summed E-state index contributed by atoms with van der Waals surface area (Å²) in [4.78, 5) is 24.7. The Balaban J connectivity index is 1.15. The summed E-state index contributed by atoms with van der Waals surface area (Å²) in [5.74, 6) is 2.15. The second kappa shape index (κ2) is 9.47. The van der Waals surface area contributed by atoms with Gasteiger partial charge < -0.3 is 24.2 Å². The Bertz CT molecular complexity index is 1120. The summed E-state index contributed by atoms with van der Waals surface area (Å²) in [5, 5.41) is 1.04. The molecule has 0 saturated carbocycles. The van der Waals surface area contributed by atoms with Crippen LogP contribution in [0.25, 0.3) is 10.2 Å². The molecule has 2 fully saturated rings. The van der Waals surface area contributed by atoms with Crippen LogP contribution in [0.3, 0.4) is 0 Å². The number of carbonyl (C=O) groups excluding carboxylic acids is 1. The van der Waals surface area contributed by atoms with Gasteiger partial charge in [0.25, 0.3) is 0 Å². The maximum absolute atomic E-state index is 13.2. The lowest BCUT2D eigenvalue weighted by atomic mass is 9.95. The van der Waals surface area contributed by atoms with Crippen LogP contribution in [0, 0.1) is 5.92 Å².